The summed E-state index contributed by atoms with van der Waals surface area (Å²) < 4.78 is 6.16. The average molecular weight is 665 g/mol. The third-order valence-corrected chi connectivity index (χ3v) is 10.2. The number of nitrogens with zero attached hydrogens (tertiary/aromatic N) is 2. The van der Waals surface area contributed by atoms with Gasteiger partial charge in [-0.15, -0.1) is 0 Å². The SMILES string of the molecule is c1ccc(-c2ccccc2N(c2ccc(-c3ccc4c(c3)oc3cnccc34)cc2)c2ccc(-c3cc4ccccc4c4ccccc34)cc2)cc1. The van der Waals surface area contributed by atoms with Crippen molar-refractivity contribution in [1.82, 2.24) is 4.98 Å². The van der Waals surface area contributed by atoms with E-state index in [4.69, 9.17) is 4.42 Å². The molecule has 0 aliphatic carbocycles. The van der Waals surface area contributed by atoms with Crippen LogP contribution in [0.5, 0.6) is 0 Å². The number of hydrogen-bond acceptors (Lipinski definition) is 3. The maximum atomic E-state index is 6.16. The molecule has 0 aliphatic heterocycles. The predicted octanol–water partition coefficient (Wildman–Crippen LogP) is 13.8. The van der Waals surface area contributed by atoms with Crippen LogP contribution < -0.4 is 4.90 Å². The first-order chi connectivity index (χ1) is 25.8. The molecule has 0 spiro atoms. The van der Waals surface area contributed by atoms with Crippen LogP contribution in [0.4, 0.5) is 17.1 Å². The van der Waals surface area contributed by atoms with Gasteiger partial charge in [0.2, 0.25) is 0 Å². The van der Waals surface area contributed by atoms with Gasteiger partial charge >= 0.3 is 0 Å². The van der Waals surface area contributed by atoms with Gasteiger partial charge in [0.1, 0.15) is 5.58 Å². The molecule has 3 heteroatoms. The first kappa shape index (κ1) is 29.9. The third kappa shape index (κ3) is 5.10. The number of furan rings is 1. The van der Waals surface area contributed by atoms with Crippen molar-refractivity contribution in [1.29, 1.82) is 0 Å². The van der Waals surface area contributed by atoms with Crippen molar-refractivity contribution in [2.24, 2.45) is 0 Å². The minimum absolute atomic E-state index is 0.803. The number of para-hydroxylation sites is 1. The highest BCUT2D eigenvalue weighted by atomic mass is 16.3. The molecular weight excluding hydrogens is 633 g/mol. The maximum absolute atomic E-state index is 6.16. The predicted molar refractivity (Wildman–Crippen MR) is 218 cm³/mol. The fourth-order valence-electron chi connectivity index (χ4n) is 7.65. The van der Waals surface area contributed by atoms with Crippen LogP contribution in [-0.4, -0.2) is 4.98 Å². The zero-order valence-corrected chi connectivity index (χ0v) is 28.3. The standard InChI is InChI=1S/C49H32N2O/c1-2-10-34(11-3-1)41-14-8-9-17-47(41)51(38-23-18-33(19-24-38)36-22-27-44-45-28-29-50-32-49(45)52-48(44)31-36)39-25-20-35(21-26-39)46-30-37-12-4-5-13-40(37)42-15-6-7-16-43(42)46/h1-32H. The summed E-state index contributed by atoms with van der Waals surface area (Å²) >= 11 is 0. The van der Waals surface area contributed by atoms with Crippen molar-refractivity contribution in [3.05, 3.63) is 194 Å². The van der Waals surface area contributed by atoms with Crippen LogP contribution in [0.2, 0.25) is 0 Å². The number of aromatic nitrogens is 1. The Hall–Kier alpha value is -6.97. The zero-order valence-electron chi connectivity index (χ0n) is 28.3. The quantitative estimate of drug-likeness (QED) is 0.166. The van der Waals surface area contributed by atoms with E-state index in [0.717, 1.165) is 50.1 Å². The largest absolute Gasteiger partial charge is 0.454 e. The number of hydrogen-bond donors (Lipinski definition) is 0. The molecule has 8 aromatic carbocycles. The molecule has 0 amide bonds. The Kier molecular flexibility index (Phi) is 7.14. The second-order valence-electron chi connectivity index (χ2n) is 13.2. The van der Waals surface area contributed by atoms with Crippen LogP contribution in [0.15, 0.2) is 199 Å². The van der Waals surface area contributed by atoms with E-state index in [2.05, 4.69) is 186 Å². The fraction of sp³-hybridized carbons (Fsp3) is 0. The smallest absolute Gasteiger partial charge is 0.153 e. The van der Waals surface area contributed by atoms with Crippen LogP contribution >= 0.6 is 0 Å². The Morgan fingerprint density at radius 1 is 0.385 bits per heavy atom. The van der Waals surface area contributed by atoms with Gasteiger partial charge in [0.15, 0.2) is 5.58 Å². The van der Waals surface area contributed by atoms with E-state index < -0.39 is 0 Å². The van der Waals surface area contributed by atoms with Gasteiger partial charge in [-0.2, -0.15) is 0 Å². The molecule has 0 bridgehead atoms. The highest BCUT2D eigenvalue weighted by Crippen LogP contribution is 2.43. The van der Waals surface area contributed by atoms with Gasteiger partial charge in [0.05, 0.1) is 11.9 Å². The van der Waals surface area contributed by atoms with E-state index >= 15 is 0 Å². The zero-order chi connectivity index (χ0) is 34.4. The summed E-state index contributed by atoms with van der Waals surface area (Å²) in [6.07, 6.45) is 3.59. The van der Waals surface area contributed by atoms with E-state index in [9.17, 15) is 0 Å². The molecule has 0 saturated heterocycles. The normalized spacial score (nSPS) is 11.5. The lowest BCUT2D eigenvalue weighted by molar-refractivity contribution is 0.667. The van der Waals surface area contributed by atoms with Crippen LogP contribution in [0.3, 0.4) is 0 Å². The Balaban J connectivity index is 1.08. The van der Waals surface area contributed by atoms with Gasteiger partial charge in [0, 0.05) is 33.9 Å². The summed E-state index contributed by atoms with van der Waals surface area (Å²) in [5, 5.41) is 7.24. The topological polar surface area (TPSA) is 29.3 Å². The Bertz CT molecular complexity index is 2890. The number of pyridine rings is 1. The molecule has 3 nitrogen and oxygen atoms in total. The minimum atomic E-state index is 0.803. The summed E-state index contributed by atoms with van der Waals surface area (Å²) in [6.45, 7) is 0. The first-order valence-electron chi connectivity index (χ1n) is 17.6. The number of fused-ring (bicyclic) bond motifs is 6. The average Bonchev–Trinajstić information content (AvgIpc) is 3.60. The van der Waals surface area contributed by atoms with Gasteiger partial charge in [-0.3, -0.25) is 4.98 Å². The van der Waals surface area contributed by atoms with Crippen LogP contribution in [-0.2, 0) is 0 Å². The summed E-state index contributed by atoms with van der Waals surface area (Å²) in [6, 6.07) is 65.3. The number of benzene rings is 8. The first-order valence-corrected chi connectivity index (χ1v) is 17.6. The molecule has 244 valence electrons. The third-order valence-electron chi connectivity index (χ3n) is 10.2. The van der Waals surface area contributed by atoms with E-state index in [1.165, 1.54) is 43.8 Å². The lowest BCUT2D eigenvalue weighted by Gasteiger charge is -2.28. The molecule has 0 aliphatic rings. The monoisotopic (exact) mass is 664 g/mol. The summed E-state index contributed by atoms with van der Waals surface area (Å²) in [5.41, 5.74) is 11.9. The van der Waals surface area contributed by atoms with E-state index in [1.54, 1.807) is 6.20 Å². The maximum Gasteiger partial charge on any atom is 0.153 e. The lowest BCUT2D eigenvalue weighted by atomic mass is 9.93. The van der Waals surface area contributed by atoms with Crippen molar-refractivity contribution in [2.45, 2.75) is 0 Å². The van der Waals surface area contributed by atoms with Crippen LogP contribution in [0.25, 0.3) is 76.9 Å². The van der Waals surface area contributed by atoms with Gasteiger partial charge in [0.25, 0.3) is 0 Å². The van der Waals surface area contributed by atoms with Gasteiger partial charge in [-0.25, -0.2) is 0 Å². The van der Waals surface area contributed by atoms with Gasteiger partial charge < -0.3 is 9.32 Å². The van der Waals surface area contributed by atoms with Gasteiger partial charge in [-0.1, -0.05) is 127 Å². The van der Waals surface area contributed by atoms with Gasteiger partial charge in [-0.05, 0) is 104 Å². The minimum Gasteiger partial charge on any atom is -0.454 e. The van der Waals surface area contributed by atoms with Crippen LogP contribution in [0, 0.1) is 0 Å². The molecule has 10 rings (SSSR count). The molecular formula is C49H32N2O. The lowest BCUT2D eigenvalue weighted by Crippen LogP contribution is -2.11. The second-order valence-corrected chi connectivity index (χ2v) is 13.2. The molecule has 52 heavy (non-hydrogen) atoms. The van der Waals surface area contributed by atoms with E-state index in [0.29, 0.717) is 0 Å². The summed E-state index contributed by atoms with van der Waals surface area (Å²) in [7, 11) is 0. The Morgan fingerprint density at radius 2 is 1.00 bits per heavy atom. The number of rotatable bonds is 6. The molecule has 2 aromatic heterocycles. The molecule has 10 aromatic rings. The van der Waals surface area contributed by atoms with Crippen molar-refractivity contribution in [3.63, 3.8) is 0 Å². The number of anilines is 3. The molecule has 2 heterocycles. The van der Waals surface area contributed by atoms with E-state index in [-0.39, 0.29) is 0 Å². The highest BCUT2D eigenvalue weighted by molar-refractivity contribution is 6.14. The summed E-state index contributed by atoms with van der Waals surface area (Å²) in [4.78, 5) is 6.60. The second kappa shape index (κ2) is 12.4. The highest BCUT2D eigenvalue weighted by Gasteiger charge is 2.18. The van der Waals surface area contributed by atoms with Crippen molar-refractivity contribution < 1.29 is 4.42 Å². The van der Waals surface area contributed by atoms with E-state index in [1.807, 2.05) is 12.3 Å². The summed E-state index contributed by atoms with van der Waals surface area (Å²) in [5.74, 6) is 0. The Labute approximate surface area is 301 Å². The Morgan fingerprint density at radius 3 is 1.81 bits per heavy atom. The molecule has 0 unspecified atom stereocenters. The molecule has 0 saturated carbocycles. The molecule has 0 radical (unpaired) electrons. The molecule has 0 atom stereocenters. The molecule has 0 N–H and O–H groups in total. The van der Waals surface area contributed by atoms with Crippen molar-refractivity contribution >= 4 is 60.5 Å². The van der Waals surface area contributed by atoms with Crippen molar-refractivity contribution in [2.75, 3.05) is 4.90 Å². The van der Waals surface area contributed by atoms with Crippen LogP contribution in [0.1, 0.15) is 0 Å². The molecule has 0 fully saturated rings. The van der Waals surface area contributed by atoms with Crippen molar-refractivity contribution in [3.8, 4) is 33.4 Å². The fourth-order valence-corrected chi connectivity index (χ4v) is 7.65.